The average molecular weight is 488 g/mol. The van der Waals surface area contributed by atoms with Crippen molar-refractivity contribution in [1.29, 1.82) is 0 Å². The fraction of sp³-hybridized carbons (Fsp3) is 0.452. The highest BCUT2D eigenvalue weighted by Crippen LogP contribution is 2.36. The molecule has 1 saturated heterocycles. The largest absolute Gasteiger partial charge is 0.490 e. The summed E-state index contributed by atoms with van der Waals surface area (Å²) in [6.45, 7) is 6.68. The van der Waals surface area contributed by atoms with Gasteiger partial charge in [-0.2, -0.15) is 0 Å². The molecule has 5 rings (SSSR count). The van der Waals surface area contributed by atoms with Gasteiger partial charge in [-0.15, -0.1) is 0 Å². The number of fused-ring (bicyclic) bond motifs is 1. The van der Waals surface area contributed by atoms with Gasteiger partial charge in [0.15, 0.2) is 0 Å². The number of nitrogens with one attached hydrogen (secondary N) is 1. The Bertz CT molecular complexity index is 1190. The normalized spacial score (nSPS) is 23.9. The summed E-state index contributed by atoms with van der Waals surface area (Å²) in [6, 6.07) is 21.3. The Morgan fingerprint density at radius 2 is 1.58 bits per heavy atom. The van der Waals surface area contributed by atoms with Crippen molar-refractivity contribution in [3.63, 3.8) is 0 Å². The Balaban J connectivity index is 1.17. The number of ether oxygens (including phenoxy) is 3. The van der Waals surface area contributed by atoms with Gasteiger partial charge >= 0.3 is 6.09 Å². The fourth-order valence-corrected chi connectivity index (χ4v) is 5.48. The van der Waals surface area contributed by atoms with Crippen molar-refractivity contribution in [2.75, 3.05) is 6.61 Å². The second kappa shape index (κ2) is 10.4. The van der Waals surface area contributed by atoms with Crippen LogP contribution in [0.25, 0.3) is 10.8 Å². The van der Waals surface area contributed by atoms with Gasteiger partial charge in [-0.25, -0.2) is 4.79 Å². The minimum absolute atomic E-state index is 0.250. The first-order valence-electron chi connectivity index (χ1n) is 13.4. The maximum Gasteiger partial charge on any atom is 0.408 e. The SMILES string of the molecule is CCC(CC)Oc1ccc(C2CCC(Oc3ccc4cc([C@]5(C)COC(=O)N5)ccc4c3)CC2)cc1. The van der Waals surface area contributed by atoms with Crippen LogP contribution >= 0.6 is 0 Å². The van der Waals surface area contributed by atoms with E-state index in [0.717, 1.165) is 66.4 Å². The Kier molecular flexibility index (Phi) is 7.08. The van der Waals surface area contributed by atoms with Crippen LogP contribution in [0.4, 0.5) is 4.79 Å². The van der Waals surface area contributed by atoms with E-state index in [1.165, 1.54) is 5.56 Å². The monoisotopic (exact) mass is 487 g/mol. The van der Waals surface area contributed by atoms with Crippen LogP contribution in [0, 0.1) is 0 Å². The Morgan fingerprint density at radius 3 is 2.25 bits per heavy atom. The van der Waals surface area contributed by atoms with Crippen LogP contribution in [0.5, 0.6) is 11.5 Å². The first-order valence-corrected chi connectivity index (χ1v) is 13.4. The predicted octanol–water partition coefficient (Wildman–Crippen LogP) is 7.47. The standard InChI is InChI=1S/C31H37NO4/c1-4-26(5-2)35-27-13-7-21(8-14-27)22-9-15-28(16-10-22)36-29-17-11-23-18-25(12-6-24(23)19-29)31(3)20-34-30(33)32-31/h6-8,11-14,17-19,22,26,28H,4-5,9-10,15-16,20H2,1-3H3,(H,32,33)/t22?,28?,31-/m0/s1. The van der Waals surface area contributed by atoms with E-state index in [4.69, 9.17) is 14.2 Å². The van der Waals surface area contributed by atoms with E-state index in [1.807, 2.05) is 6.92 Å². The molecule has 2 fully saturated rings. The second-order valence-corrected chi connectivity index (χ2v) is 10.5. The molecule has 2 aliphatic rings. The summed E-state index contributed by atoms with van der Waals surface area (Å²) in [6.07, 6.45) is 6.66. The number of benzene rings is 3. The first-order chi connectivity index (χ1) is 17.5. The number of hydrogen-bond donors (Lipinski definition) is 1. The van der Waals surface area contributed by atoms with Crippen LogP contribution < -0.4 is 14.8 Å². The summed E-state index contributed by atoms with van der Waals surface area (Å²) < 4.78 is 17.6. The lowest BCUT2D eigenvalue weighted by Crippen LogP contribution is -2.37. The molecule has 1 atom stereocenters. The molecule has 0 radical (unpaired) electrons. The van der Waals surface area contributed by atoms with Crippen LogP contribution in [0.1, 0.15) is 76.3 Å². The zero-order valence-electron chi connectivity index (χ0n) is 21.6. The van der Waals surface area contributed by atoms with Gasteiger partial charge in [0.2, 0.25) is 0 Å². The number of hydrogen-bond acceptors (Lipinski definition) is 4. The first kappa shape index (κ1) is 24.5. The summed E-state index contributed by atoms with van der Waals surface area (Å²) in [5.74, 6) is 2.48. The molecule has 1 N–H and O–H groups in total. The molecule has 5 heteroatoms. The second-order valence-electron chi connectivity index (χ2n) is 10.5. The molecule has 36 heavy (non-hydrogen) atoms. The molecule has 1 saturated carbocycles. The number of amides is 1. The van der Waals surface area contributed by atoms with Gasteiger partial charge in [0.1, 0.15) is 18.1 Å². The lowest BCUT2D eigenvalue weighted by molar-refractivity contribution is 0.146. The van der Waals surface area contributed by atoms with E-state index in [0.29, 0.717) is 18.6 Å². The molecule has 0 unspecified atom stereocenters. The molecule has 1 aliphatic heterocycles. The molecule has 0 aromatic heterocycles. The number of cyclic esters (lactones) is 1. The van der Waals surface area contributed by atoms with Crippen molar-refractivity contribution in [1.82, 2.24) is 5.32 Å². The summed E-state index contributed by atoms with van der Waals surface area (Å²) >= 11 is 0. The van der Waals surface area contributed by atoms with E-state index in [-0.39, 0.29) is 12.2 Å². The number of carbonyl (C=O) groups excluding carboxylic acids is 1. The zero-order chi connectivity index (χ0) is 25.1. The maximum atomic E-state index is 11.5. The number of alkyl carbamates (subject to hydrolysis) is 1. The summed E-state index contributed by atoms with van der Waals surface area (Å²) in [7, 11) is 0. The van der Waals surface area contributed by atoms with Gasteiger partial charge in [0, 0.05) is 0 Å². The van der Waals surface area contributed by atoms with Crippen molar-refractivity contribution >= 4 is 16.9 Å². The molecule has 1 aliphatic carbocycles. The Labute approximate surface area is 214 Å². The molecular formula is C31H37NO4. The molecule has 3 aromatic rings. The molecule has 1 amide bonds. The summed E-state index contributed by atoms with van der Waals surface area (Å²) in [4.78, 5) is 11.5. The predicted molar refractivity (Wildman–Crippen MR) is 143 cm³/mol. The van der Waals surface area contributed by atoms with Gasteiger partial charge in [0.05, 0.1) is 17.7 Å². The summed E-state index contributed by atoms with van der Waals surface area (Å²) in [5, 5.41) is 5.18. The minimum atomic E-state index is -0.486. The van der Waals surface area contributed by atoms with Crippen molar-refractivity contribution < 1.29 is 19.0 Å². The smallest absolute Gasteiger partial charge is 0.408 e. The summed E-state index contributed by atoms with van der Waals surface area (Å²) in [5.41, 5.74) is 1.97. The Hall–Kier alpha value is -3.21. The van der Waals surface area contributed by atoms with Gasteiger partial charge in [0.25, 0.3) is 0 Å². The molecular weight excluding hydrogens is 450 g/mol. The van der Waals surface area contributed by atoms with Gasteiger partial charge in [-0.1, -0.05) is 44.2 Å². The molecule has 190 valence electrons. The lowest BCUT2D eigenvalue weighted by Gasteiger charge is -2.29. The van der Waals surface area contributed by atoms with Crippen molar-refractivity contribution in [2.24, 2.45) is 0 Å². The van der Waals surface area contributed by atoms with Crippen LogP contribution in [-0.4, -0.2) is 24.9 Å². The van der Waals surface area contributed by atoms with Crippen molar-refractivity contribution in [3.05, 3.63) is 71.8 Å². The third kappa shape index (κ3) is 5.30. The lowest BCUT2D eigenvalue weighted by atomic mass is 9.82. The van der Waals surface area contributed by atoms with Crippen LogP contribution in [0.3, 0.4) is 0 Å². The topological polar surface area (TPSA) is 56.8 Å². The van der Waals surface area contributed by atoms with E-state index >= 15 is 0 Å². The molecule has 3 aromatic carbocycles. The van der Waals surface area contributed by atoms with Gasteiger partial charge in [-0.05, 0) is 104 Å². The van der Waals surface area contributed by atoms with Crippen LogP contribution in [0.15, 0.2) is 60.7 Å². The highest BCUT2D eigenvalue weighted by molar-refractivity contribution is 5.85. The number of rotatable bonds is 8. The molecule has 0 spiro atoms. The van der Waals surface area contributed by atoms with Crippen LogP contribution in [0.2, 0.25) is 0 Å². The highest BCUT2D eigenvalue weighted by Gasteiger charge is 2.36. The average Bonchev–Trinajstić information content (AvgIpc) is 3.27. The van der Waals surface area contributed by atoms with E-state index < -0.39 is 5.54 Å². The van der Waals surface area contributed by atoms with E-state index in [2.05, 4.69) is 79.8 Å². The zero-order valence-corrected chi connectivity index (χ0v) is 21.6. The maximum absolute atomic E-state index is 11.5. The molecule has 0 bridgehead atoms. The third-order valence-electron chi connectivity index (χ3n) is 7.86. The van der Waals surface area contributed by atoms with E-state index in [1.54, 1.807) is 0 Å². The van der Waals surface area contributed by atoms with Crippen molar-refractivity contribution in [3.8, 4) is 11.5 Å². The quantitative estimate of drug-likeness (QED) is 0.358. The van der Waals surface area contributed by atoms with Crippen molar-refractivity contribution in [2.45, 2.75) is 83.0 Å². The van der Waals surface area contributed by atoms with E-state index in [9.17, 15) is 4.79 Å². The highest BCUT2D eigenvalue weighted by atomic mass is 16.6. The number of carbonyl (C=O) groups is 1. The minimum Gasteiger partial charge on any atom is -0.490 e. The van der Waals surface area contributed by atoms with Crippen LogP contribution in [-0.2, 0) is 10.3 Å². The Morgan fingerprint density at radius 1 is 0.917 bits per heavy atom. The van der Waals surface area contributed by atoms with Gasteiger partial charge < -0.3 is 19.5 Å². The molecule has 1 heterocycles. The third-order valence-corrected chi connectivity index (χ3v) is 7.86. The fourth-order valence-electron chi connectivity index (χ4n) is 5.48. The van der Waals surface area contributed by atoms with Gasteiger partial charge in [-0.3, -0.25) is 0 Å². The molecule has 5 nitrogen and oxygen atoms in total.